The van der Waals surface area contributed by atoms with Crippen LogP contribution in [-0.4, -0.2) is 18.1 Å². The van der Waals surface area contributed by atoms with Gasteiger partial charge in [-0.2, -0.15) is 0 Å². The number of thiazole rings is 1. The summed E-state index contributed by atoms with van der Waals surface area (Å²) < 4.78 is 4.77. The molecule has 0 aromatic carbocycles. The quantitative estimate of drug-likeness (QED) is 0.845. The molecule has 1 atom stereocenters. The van der Waals surface area contributed by atoms with Crippen LogP contribution < -0.4 is 5.32 Å². The second-order valence-corrected chi connectivity index (χ2v) is 5.08. The van der Waals surface area contributed by atoms with E-state index in [0.717, 1.165) is 0 Å². The van der Waals surface area contributed by atoms with Gasteiger partial charge in [-0.05, 0) is 11.4 Å². The fourth-order valence-electron chi connectivity index (χ4n) is 1.41. The van der Waals surface area contributed by atoms with Crippen LogP contribution in [-0.2, 0) is 16.1 Å². The van der Waals surface area contributed by atoms with Crippen molar-refractivity contribution in [3.05, 3.63) is 39.0 Å². The molecule has 17 heavy (non-hydrogen) atoms. The van der Waals surface area contributed by atoms with Crippen molar-refractivity contribution in [2.45, 2.75) is 12.6 Å². The van der Waals surface area contributed by atoms with E-state index in [1.54, 1.807) is 16.8 Å². The third kappa shape index (κ3) is 3.12. The number of hydrogen-bond acceptors (Lipinski definition) is 6. The summed E-state index contributed by atoms with van der Waals surface area (Å²) in [6.07, 6.45) is 0. The van der Waals surface area contributed by atoms with Crippen molar-refractivity contribution in [1.82, 2.24) is 10.3 Å². The van der Waals surface area contributed by atoms with Gasteiger partial charge in [0.1, 0.15) is 6.04 Å². The predicted molar refractivity (Wildman–Crippen MR) is 68.0 cm³/mol. The molecule has 0 fully saturated rings. The van der Waals surface area contributed by atoms with Gasteiger partial charge in [0, 0.05) is 16.8 Å². The van der Waals surface area contributed by atoms with E-state index in [1.807, 2.05) is 22.9 Å². The summed E-state index contributed by atoms with van der Waals surface area (Å²) >= 11 is 3.11. The fraction of sp³-hybridized carbons (Fsp3) is 0.273. The molecule has 1 unspecified atom stereocenters. The number of thiophene rings is 1. The summed E-state index contributed by atoms with van der Waals surface area (Å²) in [6.45, 7) is 0.634. The van der Waals surface area contributed by atoms with Crippen molar-refractivity contribution >= 4 is 28.6 Å². The lowest BCUT2D eigenvalue weighted by Gasteiger charge is -2.13. The van der Waals surface area contributed by atoms with Crippen LogP contribution >= 0.6 is 22.7 Å². The average Bonchev–Trinajstić information content (AvgIpc) is 3.01. The molecule has 2 rings (SSSR count). The minimum Gasteiger partial charge on any atom is -0.468 e. The van der Waals surface area contributed by atoms with E-state index in [-0.39, 0.29) is 5.97 Å². The maximum Gasteiger partial charge on any atom is 0.329 e. The van der Waals surface area contributed by atoms with Gasteiger partial charge in [-0.3, -0.25) is 5.32 Å². The molecule has 4 nitrogen and oxygen atoms in total. The highest BCUT2D eigenvalue weighted by molar-refractivity contribution is 7.09. The van der Waals surface area contributed by atoms with Crippen molar-refractivity contribution in [2.75, 3.05) is 7.11 Å². The van der Waals surface area contributed by atoms with Gasteiger partial charge in [-0.1, -0.05) is 6.07 Å². The second kappa shape index (κ2) is 5.90. The molecule has 2 aromatic heterocycles. The van der Waals surface area contributed by atoms with Gasteiger partial charge in [0.15, 0.2) is 0 Å². The third-order valence-electron chi connectivity index (χ3n) is 2.24. The van der Waals surface area contributed by atoms with E-state index in [2.05, 4.69) is 10.3 Å². The standard InChI is InChI=1S/C11H12N2O2S2/c1-15-11(14)10(9-6-16-7-13-9)12-5-8-3-2-4-17-8/h2-4,6-7,10,12H,5H2,1H3. The first-order valence-electron chi connectivity index (χ1n) is 5.03. The molecule has 0 spiro atoms. The molecular weight excluding hydrogens is 256 g/mol. The molecule has 2 aromatic rings. The molecule has 0 saturated heterocycles. The molecule has 0 saturated carbocycles. The van der Waals surface area contributed by atoms with Crippen LogP contribution in [0.2, 0.25) is 0 Å². The first kappa shape index (κ1) is 12.2. The summed E-state index contributed by atoms with van der Waals surface area (Å²) in [5.74, 6) is -0.313. The molecule has 0 radical (unpaired) electrons. The topological polar surface area (TPSA) is 51.2 Å². The lowest BCUT2D eigenvalue weighted by molar-refractivity contribution is -0.143. The van der Waals surface area contributed by atoms with E-state index in [1.165, 1.54) is 23.3 Å². The zero-order valence-electron chi connectivity index (χ0n) is 9.25. The fourth-order valence-corrected chi connectivity index (χ4v) is 2.64. The van der Waals surface area contributed by atoms with Crippen LogP contribution in [0.5, 0.6) is 0 Å². The number of rotatable bonds is 5. The molecule has 2 heterocycles. The van der Waals surface area contributed by atoms with Gasteiger partial charge in [-0.25, -0.2) is 9.78 Å². The van der Waals surface area contributed by atoms with Crippen LogP contribution in [0, 0.1) is 0 Å². The molecule has 0 bridgehead atoms. The number of esters is 1. The molecule has 6 heteroatoms. The normalized spacial score (nSPS) is 12.3. The summed E-state index contributed by atoms with van der Waals surface area (Å²) in [4.78, 5) is 17.0. The molecule has 90 valence electrons. The number of hydrogen-bond donors (Lipinski definition) is 1. The van der Waals surface area contributed by atoms with E-state index in [0.29, 0.717) is 12.2 Å². The minimum absolute atomic E-state index is 0.313. The molecule has 0 amide bonds. The number of ether oxygens (including phenoxy) is 1. The maximum atomic E-state index is 11.7. The molecule has 0 aliphatic carbocycles. The Morgan fingerprint density at radius 1 is 1.65 bits per heavy atom. The summed E-state index contributed by atoms with van der Waals surface area (Å²) in [5, 5.41) is 7.01. The van der Waals surface area contributed by atoms with Gasteiger partial charge in [-0.15, -0.1) is 22.7 Å². The first-order chi connectivity index (χ1) is 8.31. The highest BCUT2D eigenvalue weighted by Gasteiger charge is 2.22. The average molecular weight is 268 g/mol. The van der Waals surface area contributed by atoms with E-state index < -0.39 is 6.04 Å². The zero-order chi connectivity index (χ0) is 12.1. The number of carbonyl (C=O) groups is 1. The van der Waals surface area contributed by atoms with Crippen LogP contribution in [0.25, 0.3) is 0 Å². The molecule has 0 aliphatic rings. The lowest BCUT2D eigenvalue weighted by Crippen LogP contribution is -2.29. The third-order valence-corrected chi connectivity index (χ3v) is 3.73. The summed E-state index contributed by atoms with van der Waals surface area (Å²) in [7, 11) is 1.38. The van der Waals surface area contributed by atoms with Gasteiger partial charge < -0.3 is 4.74 Å². The van der Waals surface area contributed by atoms with Gasteiger partial charge >= 0.3 is 5.97 Å². The van der Waals surface area contributed by atoms with Crippen molar-refractivity contribution in [2.24, 2.45) is 0 Å². The van der Waals surface area contributed by atoms with Crippen molar-refractivity contribution < 1.29 is 9.53 Å². The Hall–Kier alpha value is -1.24. The molecule has 1 N–H and O–H groups in total. The lowest BCUT2D eigenvalue weighted by atomic mass is 10.2. The van der Waals surface area contributed by atoms with Crippen LogP contribution in [0.15, 0.2) is 28.4 Å². The Balaban J connectivity index is 2.04. The van der Waals surface area contributed by atoms with E-state index >= 15 is 0 Å². The maximum absolute atomic E-state index is 11.7. The summed E-state index contributed by atoms with van der Waals surface area (Å²) in [5.41, 5.74) is 2.41. The Kier molecular flexibility index (Phi) is 4.24. The molecular formula is C11H12N2O2S2. The molecule has 0 aliphatic heterocycles. The van der Waals surface area contributed by atoms with Crippen molar-refractivity contribution in [1.29, 1.82) is 0 Å². The predicted octanol–water partition coefficient (Wildman–Crippen LogP) is 2.21. The number of nitrogens with zero attached hydrogens (tertiary/aromatic N) is 1. The summed E-state index contributed by atoms with van der Waals surface area (Å²) in [6, 6.07) is 3.51. The van der Waals surface area contributed by atoms with Gasteiger partial charge in [0.25, 0.3) is 0 Å². The minimum atomic E-state index is -0.492. The van der Waals surface area contributed by atoms with Crippen molar-refractivity contribution in [3.63, 3.8) is 0 Å². The highest BCUT2D eigenvalue weighted by Crippen LogP contribution is 2.16. The highest BCUT2D eigenvalue weighted by atomic mass is 32.1. The van der Waals surface area contributed by atoms with Gasteiger partial charge in [0.05, 0.1) is 18.3 Å². The Labute approximate surface area is 107 Å². The van der Waals surface area contributed by atoms with Crippen molar-refractivity contribution in [3.8, 4) is 0 Å². The Morgan fingerprint density at radius 2 is 2.53 bits per heavy atom. The first-order valence-corrected chi connectivity index (χ1v) is 6.85. The largest absolute Gasteiger partial charge is 0.468 e. The second-order valence-electron chi connectivity index (χ2n) is 3.33. The monoisotopic (exact) mass is 268 g/mol. The Morgan fingerprint density at radius 3 is 3.12 bits per heavy atom. The van der Waals surface area contributed by atoms with Gasteiger partial charge in [0.2, 0.25) is 0 Å². The number of aromatic nitrogens is 1. The SMILES string of the molecule is COC(=O)C(NCc1cccs1)c1cscn1. The number of nitrogens with one attached hydrogen (secondary N) is 1. The van der Waals surface area contributed by atoms with Crippen LogP contribution in [0.4, 0.5) is 0 Å². The number of carbonyl (C=O) groups excluding carboxylic acids is 1. The van der Waals surface area contributed by atoms with E-state index in [9.17, 15) is 4.79 Å². The zero-order valence-corrected chi connectivity index (χ0v) is 10.9. The smallest absolute Gasteiger partial charge is 0.329 e. The van der Waals surface area contributed by atoms with E-state index in [4.69, 9.17) is 4.74 Å². The van der Waals surface area contributed by atoms with Crippen LogP contribution in [0.3, 0.4) is 0 Å². The Bertz CT molecular complexity index is 454. The van der Waals surface area contributed by atoms with Crippen LogP contribution in [0.1, 0.15) is 16.6 Å². The number of methoxy groups -OCH3 is 1.